The SMILES string of the molecule is CCCNC(c1ccc(Cl)s1)c1cc(C)c(Br)s1. The first kappa shape index (κ1) is 14.5. The van der Waals surface area contributed by atoms with E-state index in [0.29, 0.717) is 0 Å². The van der Waals surface area contributed by atoms with Gasteiger partial charge in [0.05, 0.1) is 14.2 Å². The number of hydrogen-bond acceptors (Lipinski definition) is 3. The second-order valence-electron chi connectivity index (χ2n) is 4.13. The lowest BCUT2D eigenvalue weighted by Crippen LogP contribution is -2.21. The summed E-state index contributed by atoms with van der Waals surface area (Å²) in [6.07, 6.45) is 1.13. The zero-order valence-corrected chi connectivity index (χ0v) is 14.3. The Morgan fingerprint density at radius 3 is 2.61 bits per heavy atom. The summed E-state index contributed by atoms with van der Waals surface area (Å²) < 4.78 is 2.06. The number of nitrogens with one attached hydrogen (secondary N) is 1. The van der Waals surface area contributed by atoms with Gasteiger partial charge in [-0.25, -0.2) is 0 Å². The van der Waals surface area contributed by atoms with Gasteiger partial charge in [0.25, 0.3) is 0 Å². The minimum atomic E-state index is 0.262. The lowest BCUT2D eigenvalue weighted by atomic mass is 10.2. The first-order valence-corrected chi connectivity index (χ1v) is 8.66. The predicted molar refractivity (Wildman–Crippen MR) is 86.2 cm³/mol. The molecule has 0 fully saturated rings. The van der Waals surface area contributed by atoms with Crippen molar-refractivity contribution in [1.29, 1.82) is 0 Å². The summed E-state index contributed by atoms with van der Waals surface area (Å²) in [7, 11) is 0. The normalized spacial score (nSPS) is 12.9. The van der Waals surface area contributed by atoms with Crippen LogP contribution in [0.2, 0.25) is 4.34 Å². The van der Waals surface area contributed by atoms with E-state index >= 15 is 0 Å². The number of thiophene rings is 2. The second kappa shape index (κ2) is 6.53. The van der Waals surface area contributed by atoms with Gasteiger partial charge in [0.1, 0.15) is 0 Å². The average molecular weight is 365 g/mol. The van der Waals surface area contributed by atoms with Crippen LogP contribution in [-0.4, -0.2) is 6.54 Å². The monoisotopic (exact) mass is 363 g/mol. The molecule has 98 valence electrons. The molecule has 0 aliphatic rings. The molecule has 2 aromatic heterocycles. The van der Waals surface area contributed by atoms with E-state index in [1.54, 1.807) is 22.7 Å². The first-order chi connectivity index (χ1) is 8.61. The van der Waals surface area contributed by atoms with E-state index in [1.165, 1.54) is 19.1 Å². The topological polar surface area (TPSA) is 12.0 Å². The highest BCUT2D eigenvalue weighted by molar-refractivity contribution is 9.11. The second-order valence-corrected chi connectivity index (χ2v) is 8.28. The summed E-state index contributed by atoms with van der Waals surface area (Å²) >= 11 is 13.1. The van der Waals surface area contributed by atoms with E-state index in [4.69, 9.17) is 11.6 Å². The van der Waals surface area contributed by atoms with Gasteiger partial charge in [0.15, 0.2) is 0 Å². The molecule has 18 heavy (non-hydrogen) atoms. The number of rotatable bonds is 5. The summed E-state index contributed by atoms with van der Waals surface area (Å²) in [5, 5.41) is 3.60. The van der Waals surface area contributed by atoms with E-state index in [-0.39, 0.29) is 6.04 Å². The highest BCUT2D eigenvalue weighted by atomic mass is 79.9. The molecule has 0 aliphatic carbocycles. The number of halogens is 2. The lowest BCUT2D eigenvalue weighted by molar-refractivity contribution is 0.613. The maximum Gasteiger partial charge on any atom is 0.0931 e. The van der Waals surface area contributed by atoms with Crippen LogP contribution < -0.4 is 5.32 Å². The van der Waals surface area contributed by atoms with E-state index in [1.807, 2.05) is 6.07 Å². The van der Waals surface area contributed by atoms with Gasteiger partial charge in [-0.15, -0.1) is 22.7 Å². The van der Waals surface area contributed by atoms with Gasteiger partial charge in [0.2, 0.25) is 0 Å². The summed E-state index contributed by atoms with van der Waals surface area (Å²) in [6.45, 7) is 5.32. The third kappa shape index (κ3) is 3.36. The molecule has 0 aliphatic heterocycles. The Balaban J connectivity index is 2.30. The number of hydrogen-bond donors (Lipinski definition) is 1. The van der Waals surface area contributed by atoms with Crippen LogP contribution in [-0.2, 0) is 0 Å². The zero-order chi connectivity index (χ0) is 13.1. The fourth-order valence-electron chi connectivity index (χ4n) is 1.74. The van der Waals surface area contributed by atoms with Crippen LogP contribution in [0.3, 0.4) is 0 Å². The maximum absolute atomic E-state index is 6.05. The Bertz CT molecular complexity index is 501. The Kier molecular flexibility index (Phi) is 5.27. The molecular formula is C13H15BrClNS2. The highest BCUT2D eigenvalue weighted by Gasteiger charge is 2.18. The molecular weight excluding hydrogens is 350 g/mol. The van der Waals surface area contributed by atoms with Crippen molar-refractivity contribution in [1.82, 2.24) is 5.32 Å². The minimum Gasteiger partial charge on any atom is -0.305 e. The van der Waals surface area contributed by atoms with Crippen LogP contribution in [0.4, 0.5) is 0 Å². The van der Waals surface area contributed by atoms with Crippen molar-refractivity contribution >= 4 is 50.2 Å². The van der Waals surface area contributed by atoms with Gasteiger partial charge in [-0.05, 0) is 59.6 Å². The molecule has 1 atom stereocenters. The van der Waals surface area contributed by atoms with Crippen LogP contribution in [0, 0.1) is 6.92 Å². The van der Waals surface area contributed by atoms with E-state index in [9.17, 15) is 0 Å². The molecule has 2 rings (SSSR count). The molecule has 0 saturated heterocycles. The van der Waals surface area contributed by atoms with Crippen LogP contribution in [0.15, 0.2) is 22.0 Å². The van der Waals surface area contributed by atoms with Crippen molar-refractivity contribution in [3.8, 4) is 0 Å². The van der Waals surface area contributed by atoms with E-state index < -0.39 is 0 Å². The minimum absolute atomic E-state index is 0.262. The Morgan fingerprint density at radius 2 is 2.11 bits per heavy atom. The molecule has 1 unspecified atom stereocenters. The van der Waals surface area contributed by atoms with Gasteiger partial charge in [-0.3, -0.25) is 0 Å². The molecule has 0 radical (unpaired) electrons. The van der Waals surface area contributed by atoms with Crippen molar-refractivity contribution in [2.45, 2.75) is 26.3 Å². The van der Waals surface area contributed by atoms with Crippen molar-refractivity contribution in [2.75, 3.05) is 6.54 Å². The van der Waals surface area contributed by atoms with Crippen molar-refractivity contribution in [2.24, 2.45) is 0 Å². The molecule has 0 aromatic carbocycles. The van der Waals surface area contributed by atoms with Gasteiger partial charge < -0.3 is 5.32 Å². The molecule has 5 heteroatoms. The summed E-state index contributed by atoms with van der Waals surface area (Å²) in [6, 6.07) is 6.59. The molecule has 0 amide bonds. The zero-order valence-electron chi connectivity index (χ0n) is 10.3. The van der Waals surface area contributed by atoms with Crippen molar-refractivity contribution in [3.63, 3.8) is 0 Å². The summed E-state index contributed by atoms with van der Waals surface area (Å²) in [5.74, 6) is 0. The van der Waals surface area contributed by atoms with Crippen molar-refractivity contribution in [3.05, 3.63) is 41.6 Å². The largest absolute Gasteiger partial charge is 0.305 e. The third-order valence-corrected chi connectivity index (χ3v) is 6.14. The smallest absolute Gasteiger partial charge is 0.0931 e. The average Bonchev–Trinajstić information content (AvgIpc) is 2.88. The fourth-order valence-corrected chi connectivity index (χ4v) is 4.64. The standard InChI is InChI=1S/C13H15BrClNS2/c1-3-6-16-12(9-4-5-11(15)17-9)10-7-8(2)13(14)18-10/h4-5,7,12,16H,3,6H2,1-2H3. The maximum atomic E-state index is 6.05. The Hall–Kier alpha value is 0.130. The highest BCUT2D eigenvalue weighted by Crippen LogP contribution is 2.37. The molecule has 0 saturated carbocycles. The van der Waals surface area contributed by atoms with Gasteiger partial charge in [0, 0.05) is 9.75 Å². The van der Waals surface area contributed by atoms with Crippen molar-refractivity contribution < 1.29 is 0 Å². The van der Waals surface area contributed by atoms with Crippen LogP contribution in [0.1, 0.15) is 34.7 Å². The Labute approximate surface area is 129 Å². The third-order valence-electron chi connectivity index (χ3n) is 2.64. The molecule has 1 nitrogen and oxygen atoms in total. The van der Waals surface area contributed by atoms with Gasteiger partial charge in [-0.2, -0.15) is 0 Å². The summed E-state index contributed by atoms with van der Waals surface area (Å²) in [5.41, 5.74) is 1.29. The van der Waals surface area contributed by atoms with E-state index in [0.717, 1.165) is 17.3 Å². The lowest BCUT2D eigenvalue weighted by Gasteiger charge is -2.15. The predicted octanol–water partition coefficient (Wildman–Crippen LogP) is 5.62. The van der Waals surface area contributed by atoms with Crippen LogP contribution in [0.5, 0.6) is 0 Å². The molecule has 1 N–H and O–H groups in total. The first-order valence-electron chi connectivity index (χ1n) is 5.86. The fraction of sp³-hybridized carbons (Fsp3) is 0.385. The van der Waals surface area contributed by atoms with Gasteiger partial charge in [-0.1, -0.05) is 18.5 Å². The molecule has 0 spiro atoms. The van der Waals surface area contributed by atoms with Crippen LogP contribution in [0.25, 0.3) is 0 Å². The molecule has 2 aromatic rings. The summed E-state index contributed by atoms with van der Waals surface area (Å²) in [4.78, 5) is 2.62. The Morgan fingerprint density at radius 1 is 1.33 bits per heavy atom. The van der Waals surface area contributed by atoms with E-state index in [2.05, 4.69) is 47.2 Å². The number of aryl methyl sites for hydroxylation is 1. The van der Waals surface area contributed by atoms with Crippen LogP contribution >= 0.6 is 50.2 Å². The quantitative estimate of drug-likeness (QED) is 0.725. The molecule has 0 bridgehead atoms. The van der Waals surface area contributed by atoms with Gasteiger partial charge >= 0.3 is 0 Å². The molecule has 2 heterocycles.